The summed E-state index contributed by atoms with van der Waals surface area (Å²) in [6.45, 7) is -2.21. The highest BCUT2D eigenvalue weighted by Crippen LogP contribution is 2.38. The van der Waals surface area contributed by atoms with E-state index in [1.54, 1.807) is 0 Å². The standard InChI is InChI=1S/C18H32O17/c19-1-3-11(6(23)9(26)15(30)32-3)34-17-10(27)7(24)13(28)18(2-20,35-17)14(29)12-5(22)4(21)8(25)16(31)33-12/h3-17,19-31H,1-2H2/t3-,4+,5-,6-,7-,8-,9?,10-,11-,12+,13-,14?,15?,16+,17-,18+/m1/s1. The van der Waals surface area contributed by atoms with Gasteiger partial charge in [0.15, 0.2) is 24.5 Å². The monoisotopic (exact) mass is 520 g/mol. The van der Waals surface area contributed by atoms with Gasteiger partial charge in [0.05, 0.1) is 13.2 Å². The fraction of sp³-hybridized carbons (Fsp3) is 1.00. The van der Waals surface area contributed by atoms with Gasteiger partial charge in [0.1, 0.15) is 73.2 Å². The average Bonchev–Trinajstić information content (AvgIpc) is 2.84. The Morgan fingerprint density at radius 2 is 1.26 bits per heavy atom. The van der Waals surface area contributed by atoms with Crippen molar-refractivity contribution in [2.45, 2.75) is 97.7 Å². The van der Waals surface area contributed by atoms with E-state index in [0.29, 0.717) is 0 Å². The van der Waals surface area contributed by atoms with Crippen LogP contribution in [-0.4, -0.2) is 177 Å². The van der Waals surface area contributed by atoms with E-state index in [4.69, 9.17) is 18.9 Å². The summed E-state index contributed by atoms with van der Waals surface area (Å²) in [6, 6.07) is 0. The predicted octanol–water partition coefficient (Wildman–Crippen LogP) is -8.87. The van der Waals surface area contributed by atoms with Gasteiger partial charge >= 0.3 is 0 Å². The van der Waals surface area contributed by atoms with Gasteiger partial charge in [-0.1, -0.05) is 0 Å². The summed E-state index contributed by atoms with van der Waals surface area (Å²) in [5.41, 5.74) is -2.73. The normalized spacial score (nSPS) is 54.4. The Bertz CT molecular complexity index is 698. The van der Waals surface area contributed by atoms with Crippen LogP contribution < -0.4 is 0 Å². The lowest BCUT2D eigenvalue weighted by atomic mass is 9.78. The molecule has 3 aliphatic rings. The van der Waals surface area contributed by atoms with E-state index in [2.05, 4.69) is 0 Å². The molecule has 17 heteroatoms. The van der Waals surface area contributed by atoms with Crippen LogP contribution in [0.25, 0.3) is 0 Å². The third-order valence-electron chi connectivity index (χ3n) is 6.60. The first-order valence-corrected chi connectivity index (χ1v) is 10.7. The number of hydrogen-bond acceptors (Lipinski definition) is 17. The zero-order chi connectivity index (χ0) is 26.4. The van der Waals surface area contributed by atoms with Crippen LogP contribution in [0.3, 0.4) is 0 Å². The number of aliphatic hydroxyl groups is 13. The van der Waals surface area contributed by atoms with Crippen LogP contribution in [0, 0.1) is 0 Å². The maximum atomic E-state index is 10.9. The zero-order valence-corrected chi connectivity index (χ0v) is 18.0. The fourth-order valence-corrected chi connectivity index (χ4v) is 4.39. The van der Waals surface area contributed by atoms with E-state index in [-0.39, 0.29) is 0 Å². The molecule has 3 heterocycles. The Morgan fingerprint density at radius 3 is 1.83 bits per heavy atom. The van der Waals surface area contributed by atoms with Crippen molar-refractivity contribution in [3.63, 3.8) is 0 Å². The first-order valence-electron chi connectivity index (χ1n) is 10.7. The molecule has 0 bridgehead atoms. The number of aliphatic hydroxyl groups excluding tert-OH is 13. The van der Waals surface area contributed by atoms with Crippen molar-refractivity contribution in [2.75, 3.05) is 13.2 Å². The van der Waals surface area contributed by atoms with Gasteiger partial charge in [0, 0.05) is 0 Å². The van der Waals surface area contributed by atoms with Crippen molar-refractivity contribution in [1.82, 2.24) is 0 Å². The average molecular weight is 520 g/mol. The van der Waals surface area contributed by atoms with Gasteiger partial charge in [-0.2, -0.15) is 0 Å². The third kappa shape index (κ3) is 4.94. The summed E-state index contributed by atoms with van der Waals surface area (Å²) in [5.74, 6) is 0. The minimum absolute atomic E-state index is 0.868. The first-order chi connectivity index (χ1) is 16.3. The van der Waals surface area contributed by atoms with E-state index in [9.17, 15) is 66.4 Å². The molecule has 0 radical (unpaired) electrons. The summed E-state index contributed by atoms with van der Waals surface area (Å²) in [6.07, 6.45) is -30.4. The van der Waals surface area contributed by atoms with E-state index in [1.807, 2.05) is 0 Å². The first kappa shape index (κ1) is 28.9. The van der Waals surface area contributed by atoms with Gasteiger partial charge in [0.25, 0.3) is 0 Å². The minimum Gasteiger partial charge on any atom is -0.394 e. The lowest BCUT2D eigenvalue weighted by Gasteiger charge is -2.53. The van der Waals surface area contributed by atoms with E-state index in [0.717, 1.165) is 0 Å². The largest absolute Gasteiger partial charge is 0.394 e. The van der Waals surface area contributed by atoms with Gasteiger partial charge in [-0.15, -0.1) is 0 Å². The van der Waals surface area contributed by atoms with Crippen molar-refractivity contribution in [2.24, 2.45) is 0 Å². The van der Waals surface area contributed by atoms with Crippen molar-refractivity contribution >= 4 is 0 Å². The van der Waals surface area contributed by atoms with Crippen LogP contribution in [0.4, 0.5) is 0 Å². The predicted molar refractivity (Wildman–Crippen MR) is 102 cm³/mol. The van der Waals surface area contributed by atoms with Gasteiger partial charge in [-0.3, -0.25) is 0 Å². The highest BCUT2D eigenvalue weighted by Gasteiger charge is 2.62. The molecule has 206 valence electrons. The molecule has 35 heavy (non-hydrogen) atoms. The molecule has 0 aromatic rings. The molecule has 3 aliphatic heterocycles. The molecule has 0 aromatic carbocycles. The second-order valence-electron chi connectivity index (χ2n) is 8.76. The van der Waals surface area contributed by atoms with Crippen molar-refractivity contribution in [3.8, 4) is 0 Å². The molecular weight excluding hydrogens is 488 g/mol. The van der Waals surface area contributed by atoms with Gasteiger partial charge in [-0.05, 0) is 0 Å². The highest BCUT2D eigenvalue weighted by atomic mass is 16.7. The Labute approximate surface area is 197 Å². The number of ether oxygens (including phenoxy) is 4. The molecule has 0 spiro atoms. The molecule has 0 aliphatic carbocycles. The lowest BCUT2D eigenvalue weighted by Crippen LogP contribution is -2.75. The van der Waals surface area contributed by atoms with Crippen LogP contribution in [0.15, 0.2) is 0 Å². The summed E-state index contributed by atoms with van der Waals surface area (Å²) in [7, 11) is 0. The molecule has 0 saturated carbocycles. The summed E-state index contributed by atoms with van der Waals surface area (Å²) in [4.78, 5) is 0. The maximum absolute atomic E-state index is 10.9. The van der Waals surface area contributed by atoms with Crippen LogP contribution in [0.1, 0.15) is 0 Å². The Balaban J connectivity index is 1.90. The molecule has 3 unspecified atom stereocenters. The Kier molecular flexibility index (Phi) is 9.06. The molecule has 13 N–H and O–H groups in total. The quantitative estimate of drug-likeness (QED) is 0.155. The van der Waals surface area contributed by atoms with Crippen molar-refractivity contribution in [3.05, 3.63) is 0 Å². The molecule has 3 fully saturated rings. The summed E-state index contributed by atoms with van der Waals surface area (Å²) in [5, 5.41) is 131. The highest BCUT2D eigenvalue weighted by molar-refractivity contribution is 5.09. The Morgan fingerprint density at radius 1 is 0.686 bits per heavy atom. The molecule has 16 atom stereocenters. The van der Waals surface area contributed by atoms with Gasteiger partial charge < -0.3 is 85.3 Å². The summed E-state index contributed by atoms with van der Waals surface area (Å²) >= 11 is 0. The van der Waals surface area contributed by atoms with Crippen molar-refractivity contribution in [1.29, 1.82) is 0 Å². The van der Waals surface area contributed by atoms with Crippen molar-refractivity contribution < 1.29 is 85.3 Å². The molecule has 0 amide bonds. The molecule has 0 aromatic heterocycles. The van der Waals surface area contributed by atoms with Crippen LogP contribution in [-0.2, 0) is 18.9 Å². The van der Waals surface area contributed by atoms with Crippen LogP contribution in [0.5, 0.6) is 0 Å². The minimum atomic E-state index is -2.73. The lowest BCUT2D eigenvalue weighted by molar-refractivity contribution is -0.397. The fourth-order valence-electron chi connectivity index (χ4n) is 4.39. The smallest absolute Gasteiger partial charge is 0.187 e. The van der Waals surface area contributed by atoms with Crippen LogP contribution >= 0.6 is 0 Å². The SMILES string of the molecule is OC[C@H]1OC(O)C(O)[C@@H](O)[C@@H]1O[C@@H]1O[C@](CO)(C(O)[C@H]2O[C@H](O)[C@H](O)[C@@H](O)[C@H]2O)[C@H](O)[C@H](O)[C@H]1O. The third-order valence-corrected chi connectivity index (χ3v) is 6.60. The zero-order valence-electron chi connectivity index (χ0n) is 18.0. The Hall–Kier alpha value is -0.680. The summed E-state index contributed by atoms with van der Waals surface area (Å²) < 4.78 is 20.6. The van der Waals surface area contributed by atoms with E-state index < -0.39 is 111 Å². The number of rotatable bonds is 6. The topological polar surface area (TPSA) is 300 Å². The van der Waals surface area contributed by atoms with Gasteiger partial charge in [-0.25, -0.2) is 0 Å². The molecule has 17 nitrogen and oxygen atoms in total. The second-order valence-corrected chi connectivity index (χ2v) is 8.76. The van der Waals surface area contributed by atoms with Gasteiger partial charge in [0.2, 0.25) is 0 Å². The second kappa shape index (κ2) is 11.0. The molecular formula is C18H32O17. The number of hydrogen-bond donors (Lipinski definition) is 13. The molecule has 3 rings (SSSR count). The molecule has 3 saturated heterocycles. The maximum Gasteiger partial charge on any atom is 0.187 e. The van der Waals surface area contributed by atoms with E-state index in [1.165, 1.54) is 0 Å². The van der Waals surface area contributed by atoms with E-state index >= 15 is 0 Å². The van der Waals surface area contributed by atoms with Crippen LogP contribution in [0.2, 0.25) is 0 Å².